The van der Waals surface area contributed by atoms with Crippen LogP contribution in [0.15, 0.2) is 35.4 Å². The molecule has 0 aliphatic carbocycles. The van der Waals surface area contributed by atoms with Gasteiger partial charge in [0, 0.05) is 26.2 Å². The number of methoxy groups -OCH3 is 1. The summed E-state index contributed by atoms with van der Waals surface area (Å²) in [5.74, 6) is 0.974. The number of likely N-dealkylation sites (N-methyl/N-ethyl adjacent to an activating group) is 1. The minimum Gasteiger partial charge on any atom is -0.496 e. The molecule has 0 bridgehead atoms. The fourth-order valence-corrected chi connectivity index (χ4v) is 4.48. The third-order valence-corrected chi connectivity index (χ3v) is 6.33. The molecule has 27 heavy (non-hydrogen) atoms. The lowest BCUT2D eigenvalue weighted by molar-refractivity contribution is 0.313. The van der Waals surface area contributed by atoms with E-state index in [2.05, 4.69) is 26.6 Å². The highest BCUT2D eigenvalue weighted by atomic mass is 32.2. The Kier molecular flexibility index (Phi) is 5.57. The molecule has 146 valence electrons. The summed E-state index contributed by atoms with van der Waals surface area (Å²) in [6.07, 6.45) is 1.72. The van der Waals surface area contributed by atoms with E-state index in [-0.39, 0.29) is 4.90 Å². The largest absolute Gasteiger partial charge is 0.496 e. The van der Waals surface area contributed by atoms with Crippen LogP contribution in [0.4, 0.5) is 11.5 Å². The van der Waals surface area contributed by atoms with Gasteiger partial charge < -0.3 is 14.5 Å². The predicted octanol–water partition coefficient (Wildman–Crippen LogP) is 2.26. The summed E-state index contributed by atoms with van der Waals surface area (Å²) in [4.78, 5) is 9.06. The van der Waals surface area contributed by atoms with Gasteiger partial charge in [-0.2, -0.15) is 0 Å². The van der Waals surface area contributed by atoms with Crippen molar-refractivity contribution in [3.8, 4) is 5.75 Å². The van der Waals surface area contributed by atoms with E-state index in [1.54, 1.807) is 38.4 Å². The first-order valence-electron chi connectivity index (χ1n) is 8.88. The Labute approximate surface area is 161 Å². The maximum atomic E-state index is 12.8. The van der Waals surface area contributed by atoms with E-state index >= 15 is 0 Å². The van der Waals surface area contributed by atoms with Crippen LogP contribution < -0.4 is 14.4 Å². The van der Waals surface area contributed by atoms with Crippen LogP contribution in [0.3, 0.4) is 0 Å². The van der Waals surface area contributed by atoms with E-state index in [9.17, 15) is 8.42 Å². The second kappa shape index (κ2) is 7.74. The highest BCUT2D eigenvalue weighted by molar-refractivity contribution is 7.92. The number of nitrogens with zero attached hydrogens (tertiary/aromatic N) is 3. The standard InChI is InChI=1S/C19H26N4O3S/c1-14-12-18(15(2)11-17(14)26-4)27(24,25)21-19-6-5-16(13-20-19)23-9-7-22(3)8-10-23/h5-6,11-13H,7-10H2,1-4H3,(H,20,21). The molecule has 1 aliphatic rings. The molecular formula is C19H26N4O3S. The number of hydrogen-bond donors (Lipinski definition) is 1. The van der Waals surface area contributed by atoms with Crippen LogP contribution in [-0.2, 0) is 10.0 Å². The van der Waals surface area contributed by atoms with Crippen LogP contribution in [0.2, 0.25) is 0 Å². The number of piperazine rings is 1. The Hall–Kier alpha value is -2.32. The minimum absolute atomic E-state index is 0.228. The summed E-state index contributed by atoms with van der Waals surface area (Å²) < 4.78 is 33.4. The Morgan fingerprint density at radius 3 is 2.37 bits per heavy atom. The van der Waals surface area contributed by atoms with Crippen molar-refractivity contribution in [3.05, 3.63) is 41.6 Å². The van der Waals surface area contributed by atoms with Gasteiger partial charge in [-0.1, -0.05) is 0 Å². The average molecular weight is 391 g/mol. The zero-order chi connectivity index (χ0) is 19.6. The van der Waals surface area contributed by atoms with Gasteiger partial charge >= 0.3 is 0 Å². The molecule has 0 radical (unpaired) electrons. The summed E-state index contributed by atoms with van der Waals surface area (Å²) in [6, 6.07) is 6.96. The van der Waals surface area contributed by atoms with Gasteiger partial charge in [-0.05, 0) is 56.3 Å². The van der Waals surface area contributed by atoms with Gasteiger partial charge in [-0.15, -0.1) is 0 Å². The van der Waals surface area contributed by atoms with Gasteiger partial charge in [0.25, 0.3) is 10.0 Å². The highest BCUT2D eigenvalue weighted by Crippen LogP contribution is 2.27. The molecule has 0 atom stereocenters. The Bertz CT molecular complexity index is 905. The van der Waals surface area contributed by atoms with E-state index in [0.29, 0.717) is 17.1 Å². The summed E-state index contributed by atoms with van der Waals surface area (Å²) >= 11 is 0. The van der Waals surface area contributed by atoms with Gasteiger partial charge in [0.1, 0.15) is 11.6 Å². The first-order chi connectivity index (χ1) is 12.8. The summed E-state index contributed by atoms with van der Waals surface area (Å²) in [6.45, 7) is 7.46. The summed E-state index contributed by atoms with van der Waals surface area (Å²) in [5.41, 5.74) is 2.39. The van der Waals surface area contributed by atoms with Crippen molar-refractivity contribution in [1.82, 2.24) is 9.88 Å². The number of aryl methyl sites for hydroxylation is 2. The average Bonchev–Trinajstić information content (AvgIpc) is 2.64. The summed E-state index contributed by atoms with van der Waals surface area (Å²) in [5, 5.41) is 0. The molecule has 2 heterocycles. The smallest absolute Gasteiger partial charge is 0.263 e. The van der Waals surface area contributed by atoms with Crippen molar-refractivity contribution in [2.24, 2.45) is 0 Å². The molecule has 1 saturated heterocycles. The van der Waals surface area contributed by atoms with Crippen molar-refractivity contribution >= 4 is 21.5 Å². The van der Waals surface area contributed by atoms with Crippen LogP contribution >= 0.6 is 0 Å². The summed E-state index contributed by atoms with van der Waals surface area (Å²) in [7, 11) is -0.0478. The Morgan fingerprint density at radius 2 is 1.78 bits per heavy atom. The minimum atomic E-state index is -3.72. The highest BCUT2D eigenvalue weighted by Gasteiger charge is 2.20. The third-order valence-electron chi connectivity index (χ3n) is 4.84. The van der Waals surface area contributed by atoms with Gasteiger partial charge in [-0.25, -0.2) is 13.4 Å². The fourth-order valence-electron chi connectivity index (χ4n) is 3.16. The van der Waals surface area contributed by atoms with Gasteiger partial charge in [0.15, 0.2) is 0 Å². The van der Waals surface area contributed by atoms with E-state index in [0.717, 1.165) is 37.4 Å². The van der Waals surface area contributed by atoms with E-state index in [4.69, 9.17) is 4.74 Å². The zero-order valence-corrected chi connectivity index (χ0v) is 17.0. The van der Waals surface area contributed by atoms with E-state index in [1.165, 1.54) is 0 Å². The molecule has 2 aromatic rings. The van der Waals surface area contributed by atoms with Crippen LogP contribution in [0, 0.1) is 13.8 Å². The maximum absolute atomic E-state index is 12.8. The number of ether oxygens (including phenoxy) is 1. The molecule has 7 nitrogen and oxygen atoms in total. The normalized spacial score (nSPS) is 15.6. The van der Waals surface area contributed by atoms with Crippen molar-refractivity contribution in [2.75, 3.05) is 50.0 Å². The van der Waals surface area contributed by atoms with Crippen LogP contribution in [-0.4, -0.2) is 58.6 Å². The molecule has 0 unspecified atom stereocenters. The topological polar surface area (TPSA) is 74.8 Å². The Balaban J connectivity index is 1.77. The van der Waals surface area contributed by atoms with Crippen molar-refractivity contribution in [2.45, 2.75) is 18.7 Å². The first-order valence-corrected chi connectivity index (χ1v) is 10.4. The zero-order valence-electron chi connectivity index (χ0n) is 16.2. The van der Waals surface area contributed by atoms with Gasteiger partial charge in [-0.3, -0.25) is 4.72 Å². The van der Waals surface area contributed by atoms with Crippen molar-refractivity contribution < 1.29 is 13.2 Å². The number of hydrogen-bond acceptors (Lipinski definition) is 6. The van der Waals surface area contributed by atoms with Gasteiger partial charge in [0.05, 0.1) is 23.9 Å². The second-order valence-electron chi connectivity index (χ2n) is 6.88. The lowest BCUT2D eigenvalue weighted by Gasteiger charge is -2.33. The van der Waals surface area contributed by atoms with Gasteiger partial charge in [0.2, 0.25) is 0 Å². The molecule has 8 heteroatoms. The number of benzene rings is 1. The lowest BCUT2D eigenvalue weighted by atomic mass is 10.1. The molecule has 0 spiro atoms. The third kappa shape index (κ3) is 4.33. The molecule has 1 fully saturated rings. The quantitative estimate of drug-likeness (QED) is 0.844. The van der Waals surface area contributed by atoms with E-state index < -0.39 is 10.0 Å². The number of anilines is 2. The molecule has 3 rings (SSSR count). The lowest BCUT2D eigenvalue weighted by Crippen LogP contribution is -2.44. The molecule has 1 N–H and O–H groups in total. The fraction of sp³-hybridized carbons (Fsp3) is 0.421. The molecule has 0 saturated carbocycles. The second-order valence-corrected chi connectivity index (χ2v) is 8.54. The number of sulfonamides is 1. The number of aromatic nitrogens is 1. The van der Waals surface area contributed by atoms with Crippen LogP contribution in [0.1, 0.15) is 11.1 Å². The van der Waals surface area contributed by atoms with Crippen LogP contribution in [0.25, 0.3) is 0 Å². The SMILES string of the molecule is COc1cc(C)c(S(=O)(=O)Nc2ccc(N3CCN(C)CC3)cn2)cc1C. The molecule has 1 aliphatic heterocycles. The molecule has 1 aromatic heterocycles. The number of nitrogens with one attached hydrogen (secondary N) is 1. The molecule has 1 aromatic carbocycles. The van der Waals surface area contributed by atoms with Crippen LogP contribution in [0.5, 0.6) is 5.75 Å². The molecule has 0 amide bonds. The van der Waals surface area contributed by atoms with Crippen molar-refractivity contribution in [3.63, 3.8) is 0 Å². The molecular weight excluding hydrogens is 364 g/mol. The monoisotopic (exact) mass is 390 g/mol. The first kappa shape index (κ1) is 19.4. The number of pyridine rings is 1. The Morgan fingerprint density at radius 1 is 1.07 bits per heavy atom. The maximum Gasteiger partial charge on any atom is 0.263 e. The number of rotatable bonds is 5. The van der Waals surface area contributed by atoms with Crippen molar-refractivity contribution in [1.29, 1.82) is 0 Å². The predicted molar refractivity (Wildman–Crippen MR) is 107 cm³/mol. The van der Waals surface area contributed by atoms with E-state index in [1.807, 2.05) is 13.0 Å².